The third-order valence-electron chi connectivity index (χ3n) is 1.33. The largest absolute Gasteiger partial charge is 0.379 e. The van der Waals surface area contributed by atoms with Gasteiger partial charge in [-0.25, -0.2) is 4.39 Å². The Kier molecular flexibility index (Phi) is 5.28. The second-order valence-electron chi connectivity index (χ2n) is 2.72. The van der Waals surface area contributed by atoms with Gasteiger partial charge in [0.1, 0.15) is 0 Å². The van der Waals surface area contributed by atoms with Crippen LogP contribution in [0.15, 0.2) is 18.2 Å². The summed E-state index contributed by atoms with van der Waals surface area (Å²) in [5.74, 6) is -0.946. The van der Waals surface area contributed by atoms with Crippen LogP contribution in [0.3, 0.4) is 0 Å². The standard InChI is InChI=1S/C8H9FO3S.C2H6/c1-6-3-4-7(9)8(5-6)12-13(2,10)11;1-2/h3-5H,1-2H3;1-2H3. The van der Waals surface area contributed by atoms with Gasteiger partial charge in [0.2, 0.25) is 0 Å². The molecule has 0 aromatic heterocycles. The highest BCUT2D eigenvalue weighted by Gasteiger charge is 2.09. The van der Waals surface area contributed by atoms with E-state index in [2.05, 4.69) is 4.18 Å². The molecule has 0 amide bonds. The number of rotatable bonds is 2. The number of hydrogen-bond acceptors (Lipinski definition) is 3. The van der Waals surface area contributed by atoms with Crippen LogP contribution >= 0.6 is 0 Å². The van der Waals surface area contributed by atoms with E-state index in [4.69, 9.17) is 0 Å². The maximum atomic E-state index is 12.9. The minimum atomic E-state index is -3.66. The van der Waals surface area contributed by atoms with E-state index in [1.807, 2.05) is 13.8 Å². The van der Waals surface area contributed by atoms with Gasteiger partial charge in [0, 0.05) is 0 Å². The quantitative estimate of drug-likeness (QED) is 0.738. The molecule has 0 N–H and O–H groups in total. The van der Waals surface area contributed by atoms with Crippen LogP contribution in [0.2, 0.25) is 0 Å². The maximum Gasteiger partial charge on any atom is 0.306 e. The Labute approximate surface area is 90.0 Å². The second-order valence-corrected chi connectivity index (χ2v) is 4.30. The molecule has 1 aromatic rings. The van der Waals surface area contributed by atoms with Crippen LogP contribution in [-0.4, -0.2) is 14.7 Å². The zero-order valence-electron chi connectivity index (χ0n) is 9.24. The molecule has 0 heterocycles. The average molecular weight is 234 g/mol. The molecule has 0 radical (unpaired) electrons. The van der Waals surface area contributed by atoms with Crippen LogP contribution in [0.1, 0.15) is 19.4 Å². The second kappa shape index (κ2) is 5.70. The number of hydrogen-bond donors (Lipinski definition) is 0. The summed E-state index contributed by atoms with van der Waals surface area (Å²) >= 11 is 0. The summed E-state index contributed by atoms with van der Waals surface area (Å²) in [4.78, 5) is 0. The predicted octanol–water partition coefficient (Wildman–Crippen LogP) is 2.50. The fourth-order valence-corrected chi connectivity index (χ4v) is 1.29. The fourth-order valence-electron chi connectivity index (χ4n) is 0.838. The molecular formula is C10H15FO3S. The van der Waals surface area contributed by atoms with Gasteiger partial charge >= 0.3 is 10.1 Å². The van der Waals surface area contributed by atoms with E-state index >= 15 is 0 Å². The maximum absolute atomic E-state index is 12.9. The highest BCUT2D eigenvalue weighted by Crippen LogP contribution is 2.19. The molecule has 0 saturated heterocycles. The first kappa shape index (κ1) is 13.9. The van der Waals surface area contributed by atoms with E-state index in [0.29, 0.717) is 0 Å². The van der Waals surface area contributed by atoms with E-state index in [1.54, 1.807) is 6.92 Å². The molecule has 5 heteroatoms. The predicted molar refractivity (Wildman–Crippen MR) is 58.0 cm³/mol. The average Bonchev–Trinajstić information content (AvgIpc) is 2.12. The van der Waals surface area contributed by atoms with Crippen LogP contribution in [0.5, 0.6) is 5.75 Å². The highest BCUT2D eigenvalue weighted by molar-refractivity contribution is 7.86. The van der Waals surface area contributed by atoms with Gasteiger partial charge in [-0.15, -0.1) is 0 Å². The lowest BCUT2D eigenvalue weighted by atomic mass is 10.2. The number of halogens is 1. The van der Waals surface area contributed by atoms with Gasteiger partial charge in [-0.3, -0.25) is 0 Å². The van der Waals surface area contributed by atoms with Crippen LogP contribution in [0.25, 0.3) is 0 Å². The molecule has 0 spiro atoms. The van der Waals surface area contributed by atoms with E-state index in [9.17, 15) is 12.8 Å². The van der Waals surface area contributed by atoms with Gasteiger partial charge in [0.05, 0.1) is 6.26 Å². The molecule has 0 atom stereocenters. The third-order valence-corrected chi connectivity index (χ3v) is 1.81. The summed E-state index contributed by atoms with van der Waals surface area (Å²) in [5, 5.41) is 0. The van der Waals surface area contributed by atoms with Crippen LogP contribution in [0, 0.1) is 12.7 Å². The lowest BCUT2D eigenvalue weighted by Gasteiger charge is -2.04. The van der Waals surface area contributed by atoms with Crippen LogP contribution in [0.4, 0.5) is 4.39 Å². The van der Waals surface area contributed by atoms with Gasteiger partial charge in [-0.05, 0) is 24.6 Å². The van der Waals surface area contributed by atoms with E-state index in [1.165, 1.54) is 12.1 Å². The first-order valence-electron chi connectivity index (χ1n) is 4.54. The van der Waals surface area contributed by atoms with Crippen molar-refractivity contribution in [1.82, 2.24) is 0 Å². The van der Waals surface area contributed by atoms with Crippen molar-refractivity contribution in [2.75, 3.05) is 6.26 Å². The Hall–Kier alpha value is -1.10. The molecule has 1 aromatic carbocycles. The molecule has 0 aliphatic heterocycles. The first-order chi connectivity index (χ1) is 6.88. The molecule has 0 bridgehead atoms. The van der Waals surface area contributed by atoms with Gasteiger partial charge in [0.15, 0.2) is 11.6 Å². The SMILES string of the molecule is CC.Cc1ccc(F)c(OS(C)(=O)=O)c1. The Morgan fingerprint density at radius 1 is 1.27 bits per heavy atom. The molecule has 3 nitrogen and oxygen atoms in total. The summed E-state index contributed by atoms with van der Waals surface area (Å²) in [6.45, 7) is 5.72. The Balaban J connectivity index is 0.000000921. The Bertz CT molecular complexity index is 413. The number of aryl methyl sites for hydroxylation is 1. The molecule has 0 aliphatic carbocycles. The van der Waals surface area contributed by atoms with Gasteiger partial charge in [-0.2, -0.15) is 8.42 Å². The van der Waals surface area contributed by atoms with Gasteiger partial charge in [0.25, 0.3) is 0 Å². The molecular weight excluding hydrogens is 219 g/mol. The molecule has 0 aliphatic rings. The zero-order chi connectivity index (χ0) is 12.1. The lowest BCUT2D eigenvalue weighted by Crippen LogP contribution is -2.07. The van der Waals surface area contributed by atoms with E-state index < -0.39 is 15.9 Å². The minimum Gasteiger partial charge on any atom is -0.379 e. The molecule has 15 heavy (non-hydrogen) atoms. The first-order valence-corrected chi connectivity index (χ1v) is 6.36. The van der Waals surface area contributed by atoms with Gasteiger partial charge in [-0.1, -0.05) is 19.9 Å². The van der Waals surface area contributed by atoms with Crippen molar-refractivity contribution in [2.45, 2.75) is 20.8 Å². The van der Waals surface area contributed by atoms with Crippen molar-refractivity contribution in [1.29, 1.82) is 0 Å². The minimum absolute atomic E-state index is 0.262. The third kappa shape index (κ3) is 5.37. The Morgan fingerprint density at radius 3 is 2.27 bits per heavy atom. The van der Waals surface area contributed by atoms with E-state index in [-0.39, 0.29) is 5.75 Å². The van der Waals surface area contributed by atoms with Crippen molar-refractivity contribution >= 4 is 10.1 Å². The van der Waals surface area contributed by atoms with E-state index in [0.717, 1.165) is 17.9 Å². The normalized spacial score (nSPS) is 10.2. The summed E-state index contributed by atoms with van der Waals surface area (Å²) in [7, 11) is -3.66. The van der Waals surface area contributed by atoms with Crippen molar-refractivity contribution in [3.63, 3.8) is 0 Å². The fraction of sp³-hybridized carbons (Fsp3) is 0.400. The van der Waals surface area contributed by atoms with Crippen molar-refractivity contribution in [2.24, 2.45) is 0 Å². The molecule has 0 unspecified atom stereocenters. The Morgan fingerprint density at radius 2 is 1.80 bits per heavy atom. The molecule has 0 saturated carbocycles. The lowest BCUT2D eigenvalue weighted by molar-refractivity contribution is 0.466. The summed E-state index contributed by atoms with van der Waals surface area (Å²) < 4.78 is 38.7. The molecule has 1 rings (SSSR count). The zero-order valence-corrected chi connectivity index (χ0v) is 10.1. The molecule has 0 fully saturated rings. The van der Waals surface area contributed by atoms with Crippen LogP contribution in [-0.2, 0) is 10.1 Å². The number of benzene rings is 1. The van der Waals surface area contributed by atoms with Crippen LogP contribution < -0.4 is 4.18 Å². The van der Waals surface area contributed by atoms with Crippen molar-refractivity contribution in [3.8, 4) is 5.75 Å². The van der Waals surface area contributed by atoms with Crippen molar-refractivity contribution in [3.05, 3.63) is 29.6 Å². The highest BCUT2D eigenvalue weighted by atomic mass is 32.2. The topological polar surface area (TPSA) is 43.4 Å². The summed E-state index contributed by atoms with van der Waals surface area (Å²) in [6.07, 6.45) is 0.870. The van der Waals surface area contributed by atoms with Gasteiger partial charge < -0.3 is 4.18 Å². The summed E-state index contributed by atoms with van der Waals surface area (Å²) in [6, 6.07) is 4.02. The molecule has 86 valence electrons. The summed E-state index contributed by atoms with van der Waals surface area (Å²) in [5.41, 5.74) is 0.736. The smallest absolute Gasteiger partial charge is 0.306 e. The van der Waals surface area contributed by atoms with Crippen molar-refractivity contribution < 1.29 is 17.0 Å². The monoisotopic (exact) mass is 234 g/mol.